The molecule has 0 saturated carbocycles. The first kappa shape index (κ1) is 22.4. The summed E-state index contributed by atoms with van der Waals surface area (Å²) in [6, 6.07) is 10.6. The summed E-state index contributed by atoms with van der Waals surface area (Å²) >= 11 is 12.9. The molecule has 4 aromatic rings. The zero-order valence-corrected chi connectivity index (χ0v) is 18.7. The molecule has 33 heavy (non-hydrogen) atoms. The van der Waals surface area contributed by atoms with Gasteiger partial charge >= 0.3 is 5.63 Å². The number of nitro benzene ring substituents is 1. The number of para-hydroxylation sites is 2. The Morgan fingerprint density at radius 1 is 1.06 bits per heavy atom. The minimum absolute atomic E-state index is 0.0934. The van der Waals surface area contributed by atoms with Crippen molar-refractivity contribution in [1.82, 2.24) is 4.98 Å². The number of nitrogens with one attached hydrogen (secondary N) is 1. The van der Waals surface area contributed by atoms with Crippen LogP contribution in [0.25, 0.3) is 22.1 Å². The van der Waals surface area contributed by atoms with Crippen molar-refractivity contribution >= 4 is 51.4 Å². The van der Waals surface area contributed by atoms with Crippen molar-refractivity contribution < 1.29 is 18.8 Å². The molecule has 0 atom stereocenters. The summed E-state index contributed by atoms with van der Waals surface area (Å²) in [5.74, 6) is 0.802. The van der Waals surface area contributed by atoms with Crippen molar-refractivity contribution in [2.45, 2.75) is 0 Å². The van der Waals surface area contributed by atoms with E-state index in [1.54, 1.807) is 18.2 Å². The zero-order chi connectivity index (χ0) is 23.7. The first-order valence-corrected chi connectivity index (χ1v) is 10.1. The Morgan fingerprint density at radius 3 is 2.36 bits per heavy atom. The van der Waals surface area contributed by atoms with E-state index in [9.17, 15) is 14.9 Å². The predicted octanol–water partition coefficient (Wildman–Crippen LogP) is 5.83. The van der Waals surface area contributed by atoms with Gasteiger partial charge in [0.1, 0.15) is 28.6 Å². The van der Waals surface area contributed by atoms with Gasteiger partial charge in [0, 0.05) is 35.3 Å². The topological polar surface area (TPSA) is 117 Å². The van der Waals surface area contributed by atoms with E-state index in [0.717, 1.165) is 0 Å². The first-order chi connectivity index (χ1) is 15.8. The minimum Gasteiger partial charge on any atom is -0.495 e. The Bertz CT molecular complexity index is 1430. The van der Waals surface area contributed by atoms with Gasteiger partial charge in [-0.3, -0.25) is 10.1 Å². The maximum Gasteiger partial charge on any atom is 0.344 e. The van der Waals surface area contributed by atoms with Gasteiger partial charge in [0.25, 0.3) is 5.69 Å². The molecule has 0 aliphatic carbocycles. The highest BCUT2D eigenvalue weighted by Gasteiger charge is 2.22. The fourth-order valence-corrected chi connectivity index (χ4v) is 3.96. The lowest BCUT2D eigenvalue weighted by atomic mass is 10.1. The van der Waals surface area contributed by atoms with Crippen LogP contribution in [-0.2, 0) is 0 Å². The average Bonchev–Trinajstić information content (AvgIpc) is 2.80. The summed E-state index contributed by atoms with van der Waals surface area (Å²) in [7, 11) is 2.85. The molecule has 0 bridgehead atoms. The number of benzene rings is 2. The third kappa shape index (κ3) is 4.15. The number of nitro groups is 1. The summed E-state index contributed by atoms with van der Waals surface area (Å²) in [4.78, 5) is 27.8. The van der Waals surface area contributed by atoms with Crippen LogP contribution in [0.1, 0.15) is 0 Å². The number of ether oxygens (including phenoxy) is 2. The maximum atomic E-state index is 12.9. The lowest BCUT2D eigenvalue weighted by molar-refractivity contribution is -0.383. The largest absolute Gasteiger partial charge is 0.495 e. The highest BCUT2D eigenvalue weighted by molar-refractivity contribution is 6.41. The summed E-state index contributed by atoms with van der Waals surface area (Å²) < 4.78 is 16.0. The van der Waals surface area contributed by atoms with Crippen LogP contribution in [0.2, 0.25) is 10.0 Å². The van der Waals surface area contributed by atoms with Crippen LogP contribution in [0, 0.1) is 10.1 Å². The minimum atomic E-state index is -0.704. The Labute approximate surface area is 196 Å². The Morgan fingerprint density at radius 2 is 1.73 bits per heavy atom. The molecule has 2 aromatic heterocycles. The van der Waals surface area contributed by atoms with Crippen molar-refractivity contribution in [1.29, 1.82) is 0 Å². The normalized spacial score (nSPS) is 10.8. The fraction of sp³-hybridized carbons (Fsp3) is 0.0909. The highest BCUT2D eigenvalue weighted by atomic mass is 35.5. The van der Waals surface area contributed by atoms with Crippen molar-refractivity contribution in [3.63, 3.8) is 0 Å². The highest BCUT2D eigenvalue weighted by Crippen LogP contribution is 2.45. The molecule has 0 aliphatic rings. The van der Waals surface area contributed by atoms with Crippen molar-refractivity contribution in [3.8, 4) is 22.6 Å². The number of hydrogen-bond donors (Lipinski definition) is 1. The molecule has 11 heteroatoms. The molecule has 168 valence electrons. The second kappa shape index (κ2) is 8.97. The van der Waals surface area contributed by atoms with Gasteiger partial charge in [0.2, 0.25) is 0 Å². The van der Waals surface area contributed by atoms with E-state index in [1.807, 2.05) is 0 Å². The number of rotatable bonds is 6. The quantitative estimate of drug-likeness (QED) is 0.266. The van der Waals surface area contributed by atoms with Crippen LogP contribution in [0.5, 0.6) is 11.5 Å². The molecule has 9 nitrogen and oxygen atoms in total. The van der Waals surface area contributed by atoms with Crippen LogP contribution in [0.3, 0.4) is 0 Å². The molecule has 2 aromatic carbocycles. The second-order valence-corrected chi connectivity index (χ2v) is 7.49. The van der Waals surface area contributed by atoms with Crippen LogP contribution < -0.4 is 20.4 Å². The van der Waals surface area contributed by atoms with Crippen molar-refractivity contribution in [3.05, 3.63) is 79.2 Å². The fourth-order valence-electron chi connectivity index (χ4n) is 3.25. The predicted molar refractivity (Wildman–Crippen MR) is 125 cm³/mol. The Balaban J connectivity index is 1.81. The van der Waals surface area contributed by atoms with Crippen LogP contribution in [0.15, 0.2) is 57.9 Å². The summed E-state index contributed by atoms with van der Waals surface area (Å²) in [5, 5.41) is 14.8. The molecule has 0 radical (unpaired) electrons. The standard InChI is InChI=1S/C22H15Cl2N3O6/c1-31-16-8-17(32-2)21(24)19(20(16)23)12-7-11-10-25-18(9-15(11)33-22(12)28)26-13-5-3-4-6-14(13)27(29)30/h3-10H,1-2H3,(H,25,26). The lowest BCUT2D eigenvalue weighted by Gasteiger charge is -2.14. The van der Waals surface area contributed by atoms with Gasteiger partial charge in [-0.2, -0.15) is 0 Å². The number of aromatic nitrogens is 1. The summed E-state index contributed by atoms with van der Waals surface area (Å²) in [6.07, 6.45) is 1.46. The molecular weight excluding hydrogens is 473 g/mol. The molecule has 0 amide bonds. The Hall–Kier alpha value is -3.82. The SMILES string of the molecule is COc1cc(OC)c(Cl)c(-c2cc3cnc(Nc4ccccc4[N+](=O)[O-])cc3oc2=O)c1Cl. The number of nitrogens with zero attached hydrogens (tertiary/aromatic N) is 2. The number of hydrogen-bond acceptors (Lipinski definition) is 8. The lowest BCUT2D eigenvalue weighted by Crippen LogP contribution is -2.05. The molecule has 4 rings (SSSR count). The first-order valence-electron chi connectivity index (χ1n) is 9.38. The molecule has 0 fully saturated rings. The van der Waals surface area contributed by atoms with Gasteiger partial charge in [0.05, 0.1) is 34.8 Å². The number of halogens is 2. The van der Waals surface area contributed by atoms with Crippen molar-refractivity contribution in [2.24, 2.45) is 0 Å². The molecule has 0 spiro atoms. The van der Waals surface area contributed by atoms with Crippen molar-refractivity contribution in [2.75, 3.05) is 19.5 Å². The number of pyridine rings is 1. The van der Waals surface area contributed by atoms with E-state index in [4.69, 9.17) is 37.1 Å². The van der Waals surface area contributed by atoms with Gasteiger partial charge < -0.3 is 19.2 Å². The van der Waals surface area contributed by atoms with E-state index < -0.39 is 10.5 Å². The average molecular weight is 488 g/mol. The van der Waals surface area contributed by atoms with E-state index >= 15 is 0 Å². The van der Waals surface area contributed by atoms with Gasteiger partial charge in [0.15, 0.2) is 0 Å². The molecule has 0 aliphatic heterocycles. The monoisotopic (exact) mass is 487 g/mol. The van der Waals surface area contributed by atoms with Crippen LogP contribution in [-0.4, -0.2) is 24.1 Å². The summed E-state index contributed by atoms with van der Waals surface area (Å²) in [6.45, 7) is 0. The zero-order valence-electron chi connectivity index (χ0n) is 17.2. The van der Waals surface area contributed by atoms with Gasteiger partial charge in [-0.15, -0.1) is 0 Å². The molecule has 1 N–H and O–H groups in total. The molecule has 0 unspecified atom stereocenters. The third-order valence-electron chi connectivity index (χ3n) is 4.82. The number of anilines is 2. The molecule has 2 heterocycles. The van der Waals surface area contributed by atoms with Crippen LogP contribution >= 0.6 is 23.2 Å². The smallest absolute Gasteiger partial charge is 0.344 e. The van der Waals surface area contributed by atoms with Gasteiger partial charge in [-0.1, -0.05) is 35.3 Å². The van der Waals surface area contributed by atoms with E-state index in [-0.39, 0.29) is 55.4 Å². The van der Waals surface area contributed by atoms with Gasteiger partial charge in [-0.05, 0) is 12.1 Å². The van der Waals surface area contributed by atoms with E-state index in [2.05, 4.69) is 10.3 Å². The third-order valence-corrected chi connectivity index (χ3v) is 5.57. The van der Waals surface area contributed by atoms with E-state index in [1.165, 1.54) is 44.7 Å². The van der Waals surface area contributed by atoms with Crippen LogP contribution in [0.4, 0.5) is 17.2 Å². The Kier molecular flexibility index (Phi) is 6.08. The number of methoxy groups -OCH3 is 2. The maximum absolute atomic E-state index is 12.9. The summed E-state index contributed by atoms with van der Waals surface area (Å²) in [5.41, 5.74) is -0.0719. The second-order valence-electron chi connectivity index (χ2n) is 6.74. The number of fused-ring (bicyclic) bond motifs is 1. The molecular formula is C22H15Cl2N3O6. The van der Waals surface area contributed by atoms with E-state index in [0.29, 0.717) is 5.39 Å². The van der Waals surface area contributed by atoms with Gasteiger partial charge in [-0.25, -0.2) is 9.78 Å². The molecule has 0 saturated heterocycles.